The van der Waals surface area contributed by atoms with Crippen LogP contribution in [0.15, 0.2) is 30.3 Å². The van der Waals surface area contributed by atoms with Gasteiger partial charge in [0, 0.05) is 17.1 Å². The highest BCUT2D eigenvalue weighted by atomic mass is 35.5. The van der Waals surface area contributed by atoms with Crippen LogP contribution in [0.3, 0.4) is 0 Å². The molecule has 0 aliphatic heterocycles. The molecular weight excluding hydrogens is 309 g/mol. The Morgan fingerprint density at radius 3 is 2.43 bits per heavy atom. The highest BCUT2D eigenvalue weighted by Gasteiger charge is 2.08. The third-order valence-corrected chi connectivity index (χ3v) is 3.93. The Morgan fingerprint density at radius 2 is 1.76 bits per heavy atom. The van der Waals surface area contributed by atoms with Crippen LogP contribution < -0.4 is 14.8 Å². The minimum absolute atomic E-state index is 0.555. The number of halogens is 2. The summed E-state index contributed by atoms with van der Waals surface area (Å²) < 4.78 is 10.6. The predicted octanol–water partition coefficient (Wildman–Crippen LogP) is 4.93. The molecule has 5 heteroatoms. The summed E-state index contributed by atoms with van der Waals surface area (Å²) in [6.07, 6.45) is 0. The van der Waals surface area contributed by atoms with Gasteiger partial charge in [0.2, 0.25) is 0 Å². The molecular formula is C16H17Cl2NO2. The van der Waals surface area contributed by atoms with Gasteiger partial charge in [-0.25, -0.2) is 0 Å². The van der Waals surface area contributed by atoms with Gasteiger partial charge in [-0.15, -0.1) is 0 Å². The molecule has 0 fully saturated rings. The Morgan fingerprint density at radius 1 is 1.00 bits per heavy atom. The predicted molar refractivity (Wildman–Crippen MR) is 88.1 cm³/mol. The van der Waals surface area contributed by atoms with E-state index < -0.39 is 0 Å². The molecule has 0 unspecified atom stereocenters. The Bertz CT molecular complexity index is 644. The highest BCUT2D eigenvalue weighted by Crippen LogP contribution is 2.30. The molecule has 1 N–H and O–H groups in total. The largest absolute Gasteiger partial charge is 0.497 e. The molecule has 112 valence electrons. The lowest BCUT2D eigenvalue weighted by Gasteiger charge is -2.14. The van der Waals surface area contributed by atoms with Crippen molar-refractivity contribution >= 4 is 28.9 Å². The normalized spacial score (nSPS) is 10.3. The Labute approximate surface area is 134 Å². The Kier molecular flexibility index (Phi) is 5.21. The zero-order valence-corrected chi connectivity index (χ0v) is 13.7. The van der Waals surface area contributed by atoms with Gasteiger partial charge in [-0.3, -0.25) is 0 Å². The summed E-state index contributed by atoms with van der Waals surface area (Å²) in [5.41, 5.74) is 2.72. The molecule has 0 aliphatic carbocycles. The second-order valence-corrected chi connectivity index (χ2v) is 5.43. The van der Waals surface area contributed by atoms with Crippen LogP contribution in [0.1, 0.15) is 11.1 Å². The average Bonchev–Trinajstić information content (AvgIpc) is 2.49. The van der Waals surface area contributed by atoms with Crippen molar-refractivity contribution < 1.29 is 9.47 Å². The molecule has 2 aromatic rings. The van der Waals surface area contributed by atoms with Crippen molar-refractivity contribution in [3.05, 3.63) is 51.5 Å². The first kappa shape index (κ1) is 15.8. The average molecular weight is 326 g/mol. The number of rotatable bonds is 5. The monoisotopic (exact) mass is 325 g/mol. The first-order chi connectivity index (χ1) is 10.0. The molecule has 21 heavy (non-hydrogen) atoms. The number of hydrogen-bond acceptors (Lipinski definition) is 3. The van der Waals surface area contributed by atoms with E-state index in [0.29, 0.717) is 16.6 Å². The number of benzene rings is 2. The lowest BCUT2D eigenvalue weighted by atomic mass is 10.1. The summed E-state index contributed by atoms with van der Waals surface area (Å²) in [5.74, 6) is 1.57. The summed E-state index contributed by atoms with van der Waals surface area (Å²) in [6, 6.07) is 9.33. The van der Waals surface area contributed by atoms with Crippen LogP contribution in [0.4, 0.5) is 5.69 Å². The van der Waals surface area contributed by atoms with E-state index in [1.807, 2.05) is 37.3 Å². The first-order valence-corrected chi connectivity index (χ1v) is 7.21. The maximum atomic E-state index is 6.22. The van der Waals surface area contributed by atoms with Crippen LogP contribution in [0, 0.1) is 6.92 Å². The van der Waals surface area contributed by atoms with Crippen LogP contribution in [0.5, 0.6) is 11.5 Å². The minimum Gasteiger partial charge on any atom is -0.497 e. The fourth-order valence-electron chi connectivity index (χ4n) is 1.99. The van der Waals surface area contributed by atoms with Crippen LogP contribution in [0.25, 0.3) is 0 Å². The van der Waals surface area contributed by atoms with Crippen molar-refractivity contribution in [2.75, 3.05) is 19.5 Å². The molecule has 2 aromatic carbocycles. The number of aryl methyl sites for hydroxylation is 1. The summed E-state index contributed by atoms with van der Waals surface area (Å²) in [5, 5.41) is 4.59. The van der Waals surface area contributed by atoms with Gasteiger partial charge in [-0.05, 0) is 42.8 Å². The Balaban J connectivity index is 2.21. The maximum absolute atomic E-state index is 6.22. The van der Waals surface area contributed by atoms with Crippen molar-refractivity contribution in [1.29, 1.82) is 0 Å². The minimum atomic E-state index is 0.555. The second-order valence-electron chi connectivity index (χ2n) is 4.61. The van der Waals surface area contributed by atoms with E-state index in [4.69, 9.17) is 32.7 Å². The number of methoxy groups -OCH3 is 2. The number of nitrogens with one attached hydrogen (secondary N) is 1. The van der Waals surface area contributed by atoms with Crippen LogP contribution in [0.2, 0.25) is 10.0 Å². The van der Waals surface area contributed by atoms with Crippen molar-refractivity contribution in [1.82, 2.24) is 0 Å². The summed E-state index contributed by atoms with van der Waals surface area (Å²) >= 11 is 12.4. The molecule has 0 aliphatic rings. The fourth-order valence-corrected chi connectivity index (χ4v) is 2.44. The van der Waals surface area contributed by atoms with E-state index in [1.54, 1.807) is 14.2 Å². The molecule has 0 aromatic heterocycles. The molecule has 0 saturated heterocycles. The third-order valence-electron chi connectivity index (χ3n) is 3.21. The van der Waals surface area contributed by atoms with Crippen molar-refractivity contribution in [2.45, 2.75) is 13.5 Å². The molecule has 3 nitrogen and oxygen atoms in total. The molecule has 0 radical (unpaired) electrons. The first-order valence-electron chi connectivity index (χ1n) is 6.45. The van der Waals surface area contributed by atoms with Gasteiger partial charge in [0.25, 0.3) is 0 Å². The van der Waals surface area contributed by atoms with Crippen LogP contribution >= 0.6 is 23.2 Å². The number of ether oxygens (including phenoxy) is 2. The lowest BCUT2D eigenvalue weighted by molar-refractivity contribution is 0.399. The number of hydrogen-bond donors (Lipinski definition) is 1. The Hall–Kier alpha value is -1.58. The van der Waals surface area contributed by atoms with Gasteiger partial charge < -0.3 is 14.8 Å². The topological polar surface area (TPSA) is 30.5 Å². The van der Waals surface area contributed by atoms with E-state index in [-0.39, 0.29) is 0 Å². The van der Waals surface area contributed by atoms with Crippen molar-refractivity contribution in [3.63, 3.8) is 0 Å². The molecule has 2 rings (SSSR count). The van der Waals surface area contributed by atoms with E-state index >= 15 is 0 Å². The highest BCUT2D eigenvalue weighted by molar-refractivity contribution is 6.35. The standard InChI is InChI=1S/C16H17Cl2NO2/c1-10-6-14(18)15(8-13(10)17)19-9-11-7-12(20-2)4-5-16(11)21-3/h4-8,19H,9H2,1-3H3. The SMILES string of the molecule is COc1ccc(OC)c(CNc2cc(Cl)c(C)cc2Cl)c1. The molecule has 0 amide bonds. The molecule has 0 heterocycles. The number of anilines is 1. The van der Waals surface area contributed by atoms with Crippen LogP contribution in [-0.4, -0.2) is 14.2 Å². The van der Waals surface area contributed by atoms with Crippen LogP contribution in [-0.2, 0) is 6.54 Å². The maximum Gasteiger partial charge on any atom is 0.124 e. The molecule has 0 saturated carbocycles. The van der Waals surface area contributed by atoms with Gasteiger partial charge in [0.05, 0.1) is 24.9 Å². The summed E-state index contributed by atoms with van der Waals surface area (Å²) in [7, 11) is 3.27. The summed E-state index contributed by atoms with van der Waals surface area (Å²) in [6.45, 7) is 2.47. The van der Waals surface area contributed by atoms with E-state index in [0.717, 1.165) is 28.3 Å². The smallest absolute Gasteiger partial charge is 0.124 e. The molecule has 0 spiro atoms. The molecule has 0 bridgehead atoms. The summed E-state index contributed by atoms with van der Waals surface area (Å²) in [4.78, 5) is 0. The second kappa shape index (κ2) is 6.92. The van der Waals surface area contributed by atoms with Crippen molar-refractivity contribution in [2.24, 2.45) is 0 Å². The van der Waals surface area contributed by atoms with E-state index in [2.05, 4.69) is 5.32 Å². The van der Waals surface area contributed by atoms with E-state index in [9.17, 15) is 0 Å². The van der Waals surface area contributed by atoms with Gasteiger partial charge in [-0.2, -0.15) is 0 Å². The van der Waals surface area contributed by atoms with Crippen molar-refractivity contribution in [3.8, 4) is 11.5 Å². The molecule has 0 atom stereocenters. The quantitative estimate of drug-likeness (QED) is 0.845. The van der Waals surface area contributed by atoms with Gasteiger partial charge in [0.15, 0.2) is 0 Å². The fraction of sp³-hybridized carbons (Fsp3) is 0.250. The third kappa shape index (κ3) is 3.74. The van der Waals surface area contributed by atoms with Gasteiger partial charge >= 0.3 is 0 Å². The lowest BCUT2D eigenvalue weighted by Crippen LogP contribution is -2.03. The van der Waals surface area contributed by atoms with E-state index in [1.165, 1.54) is 0 Å². The zero-order valence-electron chi connectivity index (χ0n) is 12.2. The zero-order chi connectivity index (χ0) is 15.4. The van der Waals surface area contributed by atoms with Gasteiger partial charge in [0.1, 0.15) is 11.5 Å². The van der Waals surface area contributed by atoms with Gasteiger partial charge in [-0.1, -0.05) is 23.2 Å².